The lowest BCUT2D eigenvalue weighted by Crippen LogP contribution is -2.61. The number of aliphatic carboxylic acids is 1. The summed E-state index contributed by atoms with van der Waals surface area (Å²) in [5, 5.41) is 28.4. The highest BCUT2D eigenvalue weighted by Gasteiger charge is 2.56. The Kier molecular flexibility index (Phi) is 3.50. The third-order valence-electron chi connectivity index (χ3n) is 4.39. The summed E-state index contributed by atoms with van der Waals surface area (Å²) in [6, 6.07) is 6.69. The van der Waals surface area contributed by atoms with E-state index in [9.17, 15) is 24.9 Å². The molecule has 1 amide bonds. The number of aliphatic hydroxyl groups is 2. The smallest absolute Gasteiger partial charge is 0.352 e. The van der Waals surface area contributed by atoms with Crippen LogP contribution in [-0.4, -0.2) is 44.2 Å². The Morgan fingerprint density at radius 3 is 2.77 bits per heavy atom. The van der Waals surface area contributed by atoms with Crippen molar-refractivity contribution in [1.82, 2.24) is 4.90 Å². The molecule has 3 rings (SSSR count). The topological polar surface area (TPSA) is 98.1 Å². The molecule has 1 saturated heterocycles. The molecule has 0 spiro atoms. The summed E-state index contributed by atoms with van der Waals surface area (Å²) >= 11 is 0. The van der Waals surface area contributed by atoms with E-state index in [0.717, 1.165) is 0 Å². The Balaban J connectivity index is 2.03. The number of aliphatic hydroxyl groups excluding tert-OH is 2. The molecule has 0 aromatic heterocycles. The van der Waals surface area contributed by atoms with E-state index in [1.807, 2.05) is 0 Å². The Labute approximate surface area is 127 Å². The molecule has 3 N–H and O–H groups in total. The van der Waals surface area contributed by atoms with E-state index in [1.54, 1.807) is 31.2 Å². The van der Waals surface area contributed by atoms with E-state index in [-0.39, 0.29) is 24.3 Å². The van der Waals surface area contributed by atoms with E-state index in [1.165, 1.54) is 4.90 Å². The molecule has 2 aliphatic rings. The highest BCUT2D eigenvalue weighted by Crippen LogP contribution is 2.46. The molecule has 6 nitrogen and oxygen atoms in total. The van der Waals surface area contributed by atoms with Gasteiger partial charge in [-0.25, -0.2) is 4.79 Å². The van der Waals surface area contributed by atoms with Crippen molar-refractivity contribution in [2.75, 3.05) is 0 Å². The summed E-state index contributed by atoms with van der Waals surface area (Å²) in [6.45, 7) is 1.41. The summed E-state index contributed by atoms with van der Waals surface area (Å²) < 4.78 is 0. The number of benzene rings is 1. The first kappa shape index (κ1) is 14.7. The lowest BCUT2D eigenvalue weighted by Gasteiger charge is -2.44. The minimum atomic E-state index is -1.15. The molecule has 2 heterocycles. The maximum atomic E-state index is 12.1. The number of amides is 1. The SMILES string of the molecule is CC(O)C1C(=O)N2C(C(=O)O)=C(c3cccc(CO)c3)CC12. The number of β-lactam (4-membered cyclic amide) rings is 1. The minimum Gasteiger partial charge on any atom is -0.477 e. The molecule has 1 fully saturated rings. The van der Waals surface area contributed by atoms with E-state index in [2.05, 4.69) is 0 Å². The van der Waals surface area contributed by atoms with Crippen molar-refractivity contribution in [2.45, 2.75) is 32.1 Å². The van der Waals surface area contributed by atoms with Gasteiger partial charge in [-0.2, -0.15) is 0 Å². The molecule has 0 saturated carbocycles. The Morgan fingerprint density at radius 2 is 2.18 bits per heavy atom. The maximum absolute atomic E-state index is 12.1. The van der Waals surface area contributed by atoms with Crippen molar-refractivity contribution in [3.05, 3.63) is 41.1 Å². The summed E-state index contributed by atoms with van der Waals surface area (Å²) in [6.07, 6.45) is -0.399. The van der Waals surface area contributed by atoms with Gasteiger partial charge >= 0.3 is 5.97 Å². The van der Waals surface area contributed by atoms with Gasteiger partial charge in [-0.3, -0.25) is 4.79 Å². The van der Waals surface area contributed by atoms with Gasteiger partial charge in [0.05, 0.1) is 24.7 Å². The lowest BCUT2D eigenvalue weighted by molar-refractivity contribution is -0.161. The molecule has 0 aliphatic carbocycles. The fourth-order valence-electron chi connectivity index (χ4n) is 3.38. The molecule has 3 atom stereocenters. The highest BCUT2D eigenvalue weighted by molar-refractivity contribution is 6.06. The van der Waals surface area contributed by atoms with Crippen molar-refractivity contribution in [2.24, 2.45) is 5.92 Å². The predicted molar refractivity (Wildman–Crippen MR) is 77.3 cm³/mol. The number of hydrogen-bond donors (Lipinski definition) is 3. The van der Waals surface area contributed by atoms with Crippen LogP contribution in [0.3, 0.4) is 0 Å². The van der Waals surface area contributed by atoms with Crippen LogP contribution in [-0.2, 0) is 16.2 Å². The second kappa shape index (κ2) is 5.23. The van der Waals surface area contributed by atoms with Gasteiger partial charge in [-0.1, -0.05) is 18.2 Å². The zero-order valence-electron chi connectivity index (χ0n) is 12.1. The standard InChI is InChI=1S/C16H17NO5/c1-8(19)13-12-6-11(10-4-2-3-9(5-10)7-18)14(16(21)22)17(12)15(13)20/h2-5,8,12-13,18-19H,6-7H2,1H3,(H,21,22). The second-order valence-electron chi connectivity index (χ2n) is 5.74. The van der Waals surface area contributed by atoms with Gasteiger partial charge in [-0.15, -0.1) is 0 Å². The van der Waals surface area contributed by atoms with E-state index < -0.39 is 18.0 Å². The van der Waals surface area contributed by atoms with Crippen molar-refractivity contribution in [1.29, 1.82) is 0 Å². The van der Waals surface area contributed by atoms with Gasteiger partial charge in [0.25, 0.3) is 0 Å². The van der Waals surface area contributed by atoms with Gasteiger partial charge in [-0.05, 0) is 36.1 Å². The van der Waals surface area contributed by atoms with Crippen molar-refractivity contribution in [3.8, 4) is 0 Å². The van der Waals surface area contributed by atoms with Gasteiger partial charge in [0, 0.05) is 0 Å². The van der Waals surface area contributed by atoms with Crippen LogP contribution in [0.2, 0.25) is 0 Å². The zero-order chi connectivity index (χ0) is 16.0. The molecule has 3 unspecified atom stereocenters. The van der Waals surface area contributed by atoms with Crippen LogP contribution in [0.15, 0.2) is 30.0 Å². The Hall–Kier alpha value is -2.18. The number of nitrogens with zero attached hydrogens (tertiary/aromatic N) is 1. The summed E-state index contributed by atoms with van der Waals surface area (Å²) in [5.74, 6) is -2.04. The van der Waals surface area contributed by atoms with E-state index in [0.29, 0.717) is 23.1 Å². The van der Waals surface area contributed by atoms with Gasteiger partial charge in [0.15, 0.2) is 0 Å². The maximum Gasteiger partial charge on any atom is 0.352 e. The zero-order valence-corrected chi connectivity index (χ0v) is 12.1. The molecular formula is C16H17NO5. The van der Waals surface area contributed by atoms with Crippen LogP contribution in [0.25, 0.3) is 5.57 Å². The van der Waals surface area contributed by atoms with Crippen LogP contribution >= 0.6 is 0 Å². The summed E-state index contributed by atoms with van der Waals surface area (Å²) in [7, 11) is 0. The number of rotatable bonds is 4. The average Bonchev–Trinajstić information content (AvgIpc) is 2.82. The third kappa shape index (κ3) is 2.03. The molecule has 6 heteroatoms. The number of hydrogen-bond acceptors (Lipinski definition) is 4. The first-order valence-electron chi connectivity index (χ1n) is 7.13. The summed E-state index contributed by atoms with van der Waals surface area (Å²) in [4.78, 5) is 25.0. The van der Waals surface area contributed by atoms with Gasteiger partial charge in [0.2, 0.25) is 5.91 Å². The normalized spacial score (nSPS) is 25.0. The molecular weight excluding hydrogens is 286 g/mol. The first-order valence-corrected chi connectivity index (χ1v) is 7.13. The van der Waals surface area contributed by atoms with Crippen molar-refractivity contribution in [3.63, 3.8) is 0 Å². The molecule has 0 bridgehead atoms. The monoisotopic (exact) mass is 303 g/mol. The first-order chi connectivity index (χ1) is 10.5. The largest absolute Gasteiger partial charge is 0.477 e. The number of carbonyl (C=O) groups is 2. The average molecular weight is 303 g/mol. The molecule has 116 valence electrons. The van der Waals surface area contributed by atoms with Crippen LogP contribution in [0.1, 0.15) is 24.5 Å². The highest BCUT2D eigenvalue weighted by atomic mass is 16.4. The number of fused-ring (bicyclic) bond motifs is 1. The second-order valence-corrected chi connectivity index (χ2v) is 5.74. The van der Waals surface area contributed by atoms with Crippen LogP contribution in [0.5, 0.6) is 0 Å². The van der Waals surface area contributed by atoms with Gasteiger partial charge in [0.1, 0.15) is 5.70 Å². The van der Waals surface area contributed by atoms with E-state index >= 15 is 0 Å². The number of carbonyl (C=O) groups excluding carboxylic acids is 1. The van der Waals surface area contributed by atoms with Gasteiger partial charge < -0.3 is 20.2 Å². The fraction of sp³-hybridized carbons (Fsp3) is 0.375. The van der Waals surface area contributed by atoms with Crippen molar-refractivity contribution >= 4 is 17.4 Å². The molecule has 1 aromatic carbocycles. The lowest BCUT2D eigenvalue weighted by atomic mass is 9.82. The van der Waals surface area contributed by atoms with E-state index in [4.69, 9.17) is 0 Å². The minimum absolute atomic E-state index is 0.0120. The molecule has 1 aromatic rings. The molecule has 2 aliphatic heterocycles. The Morgan fingerprint density at radius 1 is 1.45 bits per heavy atom. The summed E-state index contributed by atoms with van der Waals surface area (Å²) in [5.41, 5.74) is 1.93. The number of carboxylic acid groups (broad SMARTS) is 1. The fourth-order valence-corrected chi connectivity index (χ4v) is 3.38. The van der Waals surface area contributed by atoms with Crippen LogP contribution in [0, 0.1) is 5.92 Å². The molecule has 0 radical (unpaired) electrons. The van der Waals surface area contributed by atoms with Crippen LogP contribution < -0.4 is 0 Å². The Bertz CT molecular complexity index is 679. The van der Waals surface area contributed by atoms with Crippen LogP contribution in [0.4, 0.5) is 0 Å². The number of carboxylic acids is 1. The quantitative estimate of drug-likeness (QED) is 0.707. The predicted octanol–water partition coefficient (Wildman–Crippen LogP) is 0.586. The van der Waals surface area contributed by atoms with Crippen molar-refractivity contribution < 1.29 is 24.9 Å². The molecule has 22 heavy (non-hydrogen) atoms. The third-order valence-corrected chi connectivity index (χ3v) is 4.39.